The first-order valence-corrected chi connectivity index (χ1v) is 6.07. The zero-order valence-corrected chi connectivity index (χ0v) is 10.6. The lowest BCUT2D eigenvalue weighted by Gasteiger charge is -2.16. The van der Waals surface area contributed by atoms with Crippen LogP contribution in [0.25, 0.3) is 0 Å². The van der Waals surface area contributed by atoms with Gasteiger partial charge in [-0.05, 0) is 31.2 Å². The summed E-state index contributed by atoms with van der Waals surface area (Å²) < 4.78 is 11.7. The summed E-state index contributed by atoms with van der Waals surface area (Å²) in [5.41, 5.74) is -0.718. The van der Waals surface area contributed by atoms with Gasteiger partial charge in [0.25, 0.3) is 0 Å². The second-order valence-corrected chi connectivity index (χ2v) is 4.69. The highest BCUT2D eigenvalue weighted by Gasteiger charge is 2.54. The van der Waals surface area contributed by atoms with Crippen LogP contribution in [0.1, 0.15) is 19.8 Å². The monoisotopic (exact) mass is 284 g/mol. The van der Waals surface area contributed by atoms with Gasteiger partial charge in [0.15, 0.2) is 0 Å². The molecule has 0 atom stereocenters. The molecule has 16 heavy (non-hydrogen) atoms. The van der Waals surface area contributed by atoms with Crippen molar-refractivity contribution in [2.75, 3.05) is 6.61 Å². The van der Waals surface area contributed by atoms with E-state index in [0.29, 0.717) is 12.4 Å². The highest BCUT2D eigenvalue weighted by Crippen LogP contribution is 2.41. The highest BCUT2D eigenvalue weighted by atomic mass is 79.9. The summed E-state index contributed by atoms with van der Waals surface area (Å²) in [6.45, 7) is 2.19. The molecule has 0 saturated heterocycles. The van der Waals surface area contributed by atoms with Crippen molar-refractivity contribution < 1.29 is 14.3 Å². The van der Waals surface area contributed by atoms with Gasteiger partial charge in [0.05, 0.1) is 6.61 Å². The van der Waals surface area contributed by atoms with Gasteiger partial charge in [0, 0.05) is 17.3 Å². The Morgan fingerprint density at radius 2 is 2.00 bits per heavy atom. The molecule has 86 valence electrons. The zero-order chi connectivity index (χ0) is 11.6. The van der Waals surface area contributed by atoms with Crippen LogP contribution in [-0.4, -0.2) is 18.2 Å². The van der Waals surface area contributed by atoms with Crippen LogP contribution in [0.3, 0.4) is 0 Å². The fraction of sp³-hybridized carbons (Fsp3) is 0.417. The molecule has 0 spiro atoms. The van der Waals surface area contributed by atoms with Crippen LogP contribution in [0.4, 0.5) is 0 Å². The molecule has 0 aromatic heterocycles. The summed E-state index contributed by atoms with van der Waals surface area (Å²) in [6, 6.07) is 7.44. The zero-order valence-electron chi connectivity index (χ0n) is 9.03. The van der Waals surface area contributed by atoms with Gasteiger partial charge in [-0.1, -0.05) is 15.9 Å². The average Bonchev–Trinajstić information content (AvgIpc) is 3.03. The number of halogens is 1. The Morgan fingerprint density at radius 1 is 1.38 bits per heavy atom. The third kappa shape index (κ3) is 2.38. The maximum absolute atomic E-state index is 11.6. The van der Waals surface area contributed by atoms with Crippen molar-refractivity contribution in [3.8, 4) is 5.75 Å². The second kappa shape index (κ2) is 4.45. The van der Waals surface area contributed by atoms with E-state index < -0.39 is 5.60 Å². The minimum atomic E-state index is -0.718. The minimum absolute atomic E-state index is 0.252. The topological polar surface area (TPSA) is 35.5 Å². The Balaban J connectivity index is 2.04. The van der Waals surface area contributed by atoms with Gasteiger partial charge in [-0.15, -0.1) is 0 Å². The van der Waals surface area contributed by atoms with E-state index >= 15 is 0 Å². The molecule has 0 radical (unpaired) electrons. The highest BCUT2D eigenvalue weighted by molar-refractivity contribution is 9.10. The fourth-order valence-electron chi connectivity index (χ4n) is 1.45. The van der Waals surface area contributed by atoms with Crippen LogP contribution < -0.4 is 4.74 Å². The maximum atomic E-state index is 11.6. The first-order valence-electron chi connectivity index (χ1n) is 5.28. The minimum Gasteiger partial charge on any atom is -0.476 e. The van der Waals surface area contributed by atoms with Crippen molar-refractivity contribution in [1.82, 2.24) is 0 Å². The summed E-state index contributed by atoms with van der Waals surface area (Å²) in [5, 5.41) is 0. The largest absolute Gasteiger partial charge is 0.476 e. The first kappa shape index (κ1) is 11.5. The van der Waals surface area contributed by atoms with E-state index in [9.17, 15) is 4.79 Å². The molecule has 0 heterocycles. The lowest BCUT2D eigenvalue weighted by Crippen LogP contribution is -2.31. The molecule has 1 aromatic carbocycles. The van der Waals surface area contributed by atoms with Crippen LogP contribution in [0.5, 0.6) is 5.75 Å². The summed E-state index contributed by atoms with van der Waals surface area (Å²) in [5.74, 6) is 0.451. The molecule has 0 amide bonds. The Labute approximate surface area is 103 Å². The number of esters is 1. The molecule has 0 bridgehead atoms. The summed E-state index contributed by atoms with van der Waals surface area (Å²) in [6.07, 6.45) is 1.48. The van der Waals surface area contributed by atoms with Gasteiger partial charge in [-0.3, -0.25) is 0 Å². The van der Waals surface area contributed by atoms with Gasteiger partial charge < -0.3 is 9.47 Å². The standard InChI is InChI=1S/C12H13BrO3/c1-2-15-11(14)12(7-8-12)16-10-5-3-9(13)4-6-10/h3-6H,2,7-8H2,1H3. The lowest BCUT2D eigenvalue weighted by atomic mass is 10.3. The molecule has 2 rings (SSSR count). The number of carbonyl (C=O) groups is 1. The number of hydrogen-bond donors (Lipinski definition) is 0. The van der Waals surface area contributed by atoms with Crippen LogP contribution in [0.2, 0.25) is 0 Å². The number of hydrogen-bond acceptors (Lipinski definition) is 3. The van der Waals surface area contributed by atoms with Crippen molar-refractivity contribution in [3.63, 3.8) is 0 Å². The van der Waals surface area contributed by atoms with Gasteiger partial charge >= 0.3 is 5.97 Å². The Hall–Kier alpha value is -1.03. The molecular formula is C12H13BrO3. The van der Waals surface area contributed by atoms with Crippen LogP contribution in [-0.2, 0) is 9.53 Å². The van der Waals surface area contributed by atoms with Crippen molar-refractivity contribution in [3.05, 3.63) is 28.7 Å². The number of carbonyl (C=O) groups excluding carboxylic acids is 1. The maximum Gasteiger partial charge on any atom is 0.350 e. The third-order valence-corrected chi connectivity index (χ3v) is 3.01. The first-order chi connectivity index (χ1) is 7.66. The third-order valence-electron chi connectivity index (χ3n) is 2.48. The van der Waals surface area contributed by atoms with E-state index in [4.69, 9.17) is 9.47 Å². The van der Waals surface area contributed by atoms with Gasteiger partial charge in [0.1, 0.15) is 5.75 Å². The molecule has 1 aromatic rings. The molecule has 4 heteroatoms. The average molecular weight is 285 g/mol. The predicted molar refractivity (Wildman–Crippen MR) is 63.4 cm³/mol. The van der Waals surface area contributed by atoms with Gasteiger partial charge in [-0.25, -0.2) is 4.79 Å². The molecule has 1 aliphatic rings. The predicted octanol–water partition coefficient (Wildman–Crippen LogP) is 2.92. The van der Waals surface area contributed by atoms with Crippen molar-refractivity contribution in [2.24, 2.45) is 0 Å². The lowest BCUT2D eigenvalue weighted by molar-refractivity contribution is -0.153. The molecule has 0 N–H and O–H groups in total. The quantitative estimate of drug-likeness (QED) is 0.798. The normalized spacial score (nSPS) is 16.6. The van der Waals surface area contributed by atoms with E-state index in [1.165, 1.54) is 0 Å². The molecule has 1 aliphatic carbocycles. The van der Waals surface area contributed by atoms with Gasteiger partial charge in [0.2, 0.25) is 5.60 Å². The smallest absolute Gasteiger partial charge is 0.350 e. The van der Waals surface area contributed by atoms with Crippen molar-refractivity contribution >= 4 is 21.9 Å². The van der Waals surface area contributed by atoms with E-state index in [-0.39, 0.29) is 5.97 Å². The summed E-state index contributed by atoms with van der Waals surface area (Å²) in [4.78, 5) is 11.6. The van der Waals surface area contributed by atoms with E-state index in [0.717, 1.165) is 17.3 Å². The van der Waals surface area contributed by atoms with Crippen LogP contribution >= 0.6 is 15.9 Å². The molecule has 1 saturated carbocycles. The number of ether oxygens (including phenoxy) is 2. The van der Waals surface area contributed by atoms with E-state index in [1.54, 1.807) is 6.92 Å². The molecule has 0 unspecified atom stereocenters. The van der Waals surface area contributed by atoms with E-state index in [1.807, 2.05) is 24.3 Å². The SMILES string of the molecule is CCOC(=O)C1(Oc2ccc(Br)cc2)CC1. The number of rotatable bonds is 4. The molecular weight excluding hydrogens is 272 g/mol. The fourth-order valence-corrected chi connectivity index (χ4v) is 1.72. The Kier molecular flexibility index (Phi) is 3.19. The van der Waals surface area contributed by atoms with Crippen LogP contribution in [0.15, 0.2) is 28.7 Å². The summed E-state index contributed by atoms with van der Waals surface area (Å²) >= 11 is 3.35. The van der Waals surface area contributed by atoms with Crippen molar-refractivity contribution in [2.45, 2.75) is 25.4 Å². The number of benzene rings is 1. The van der Waals surface area contributed by atoms with Gasteiger partial charge in [-0.2, -0.15) is 0 Å². The Morgan fingerprint density at radius 3 is 2.50 bits per heavy atom. The van der Waals surface area contributed by atoms with E-state index in [2.05, 4.69) is 15.9 Å². The van der Waals surface area contributed by atoms with Crippen molar-refractivity contribution in [1.29, 1.82) is 0 Å². The molecule has 1 fully saturated rings. The summed E-state index contributed by atoms with van der Waals surface area (Å²) in [7, 11) is 0. The second-order valence-electron chi connectivity index (χ2n) is 3.77. The van der Waals surface area contributed by atoms with Crippen LogP contribution in [0, 0.1) is 0 Å². The molecule has 0 aliphatic heterocycles. The Bertz CT molecular complexity index is 382. The molecule has 3 nitrogen and oxygen atoms in total.